The van der Waals surface area contributed by atoms with Gasteiger partial charge in [0.1, 0.15) is 6.33 Å². The molecule has 3 heterocycles. The van der Waals surface area contributed by atoms with Gasteiger partial charge in [-0.1, -0.05) is 32.9 Å². The van der Waals surface area contributed by atoms with E-state index >= 15 is 0 Å². The summed E-state index contributed by atoms with van der Waals surface area (Å²) in [4.78, 5) is 9.29. The van der Waals surface area contributed by atoms with Gasteiger partial charge in [0.2, 0.25) is 0 Å². The standard InChI is InChI=1S/C18H20N6/c1-11-6-7-12(2)14(8-11)24-15-13(9-20-24)16-21-17(18(3,4)5)22-23(16)10-19-15/h6-10H,1-5H3. The Morgan fingerprint density at radius 1 is 1.04 bits per heavy atom. The topological polar surface area (TPSA) is 60.9 Å². The van der Waals surface area contributed by atoms with E-state index in [2.05, 4.69) is 68.0 Å². The number of hydrogen-bond donors (Lipinski definition) is 0. The van der Waals surface area contributed by atoms with E-state index in [-0.39, 0.29) is 5.41 Å². The minimum absolute atomic E-state index is 0.110. The van der Waals surface area contributed by atoms with E-state index in [1.54, 1.807) is 10.8 Å². The van der Waals surface area contributed by atoms with Crippen LogP contribution in [-0.2, 0) is 5.41 Å². The summed E-state index contributed by atoms with van der Waals surface area (Å²) in [5, 5.41) is 10.0. The molecule has 0 N–H and O–H groups in total. The molecule has 1 aromatic carbocycles. The van der Waals surface area contributed by atoms with Crippen molar-refractivity contribution in [1.82, 2.24) is 29.4 Å². The van der Waals surface area contributed by atoms with Gasteiger partial charge >= 0.3 is 0 Å². The molecule has 0 saturated carbocycles. The van der Waals surface area contributed by atoms with Crippen LogP contribution < -0.4 is 0 Å². The lowest BCUT2D eigenvalue weighted by atomic mass is 9.96. The van der Waals surface area contributed by atoms with Crippen LogP contribution in [0.3, 0.4) is 0 Å². The predicted molar refractivity (Wildman–Crippen MR) is 93.6 cm³/mol. The summed E-state index contributed by atoms with van der Waals surface area (Å²) in [6.07, 6.45) is 3.53. The van der Waals surface area contributed by atoms with Crippen LogP contribution in [-0.4, -0.2) is 29.4 Å². The number of aromatic nitrogens is 6. The maximum absolute atomic E-state index is 4.72. The van der Waals surface area contributed by atoms with Gasteiger partial charge in [-0.05, 0) is 31.0 Å². The smallest absolute Gasteiger partial charge is 0.170 e. The van der Waals surface area contributed by atoms with Crippen molar-refractivity contribution < 1.29 is 0 Å². The number of hydrogen-bond acceptors (Lipinski definition) is 4. The second kappa shape index (κ2) is 4.87. The molecule has 0 aliphatic heterocycles. The number of rotatable bonds is 1. The Balaban J connectivity index is 1.99. The molecule has 6 nitrogen and oxygen atoms in total. The summed E-state index contributed by atoms with van der Waals surface area (Å²) in [6, 6.07) is 6.33. The molecule has 122 valence electrons. The largest absolute Gasteiger partial charge is 0.216 e. The Hall–Kier alpha value is -2.76. The number of nitrogens with zero attached hydrogens (tertiary/aromatic N) is 6. The molecule has 0 saturated heterocycles. The first-order valence-corrected chi connectivity index (χ1v) is 8.02. The van der Waals surface area contributed by atoms with Crippen molar-refractivity contribution in [3.05, 3.63) is 47.7 Å². The van der Waals surface area contributed by atoms with Crippen molar-refractivity contribution in [1.29, 1.82) is 0 Å². The highest BCUT2D eigenvalue weighted by molar-refractivity contribution is 5.89. The number of benzene rings is 1. The molecule has 0 radical (unpaired) electrons. The van der Waals surface area contributed by atoms with E-state index in [1.165, 1.54) is 5.56 Å². The normalized spacial score (nSPS) is 12.4. The van der Waals surface area contributed by atoms with Crippen LogP contribution in [0.5, 0.6) is 0 Å². The van der Waals surface area contributed by atoms with Crippen molar-refractivity contribution in [3.8, 4) is 5.69 Å². The van der Waals surface area contributed by atoms with Crippen molar-refractivity contribution in [3.63, 3.8) is 0 Å². The quantitative estimate of drug-likeness (QED) is 0.539. The molecule has 0 atom stereocenters. The molecule has 0 fully saturated rings. The SMILES string of the molecule is Cc1ccc(C)c(-n2ncc3c2ncn2nc(C(C)(C)C)nc32)c1. The van der Waals surface area contributed by atoms with Crippen molar-refractivity contribution in [2.24, 2.45) is 0 Å². The van der Waals surface area contributed by atoms with Crippen molar-refractivity contribution >= 4 is 16.7 Å². The number of aryl methyl sites for hydroxylation is 2. The molecule has 6 heteroatoms. The summed E-state index contributed by atoms with van der Waals surface area (Å²) >= 11 is 0. The third-order valence-corrected chi connectivity index (χ3v) is 4.17. The van der Waals surface area contributed by atoms with Crippen LogP contribution in [0.4, 0.5) is 0 Å². The van der Waals surface area contributed by atoms with E-state index < -0.39 is 0 Å². The first kappa shape index (κ1) is 14.8. The molecule has 0 bridgehead atoms. The zero-order valence-electron chi connectivity index (χ0n) is 14.6. The van der Waals surface area contributed by atoms with Gasteiger partial charge < -0.3 is 0 Å². The lowest BCUT2D eigenvalue weighted by Crippen LogP contribution is -2.13. The molecule has 24 heavy (non-hydrogen) atoms. The van der Waals surface area contributed by atoms with Gasteiger partial charge in [-0.2, -0.15) is 5.10 Å². The van der Waals surface area contributed by atoms with Crippen molar-refractivity contribution in [2.45, 2.75) is 40.0 Å². The van der Waals surface area contributed by atoms with E-state index in [0.29, 0.717) is 0 Å². The molecule has 0 aliphatic rings. The molecule has 0 unspecified atom stereocenters. The van der Waals surface area contributed by atoms with Gasteiger partial charge in [0.25, 0.3) is 0 Å². The third-order valence-electron chi connectivity index (χ3n) is 4.17. The Bertz CT molecular complexity index is 1060. The zero-order chi connectivity index (χ0) is 17.1. The van der Waals surface area contributed by atoms with Crippen LogP contribution in [0.15, 0.2) is 30.7 Å². The zero-order valence-corrected chi connectivity index (χ0v) is 14.6. The molecular formula is C18H20N6. The second-order valence-electron chi connectivity index (χ2n) is 7.28. The monoisotopic (exact) mass is 320 g/mol. The molecule has 3 aromatic heterocycles. The fraction of sp³-hybridized carbons (Fsp3) is 0.333. The van der Waals surface area contributed by atoms with Gasteiger partial charge in [-0.15, -0.1) is 5.10 Å². The summed E-state index contributed by atoms with van der Waals surface area (Å²) in [7, 11) is 0. The van der Waals surface area contributed by atoms with Gasteiger partial charge in [0.05, 0.1) is 17.3 Å². The highest BCUT2D eigenvalue weighted by atomic mass is 15.4. The molecule has 4 rings (SSSR count). The molecule has 0 spiro atoms. The van der Waals surface area contributed by atoms with Crippen LogP contribution >= 0.6 is 0 Å². The molecule has 0 amide bonds. The van der Waals surface area contributed by atoms with Gasteiger partial charge in [-0.3, -0.25) is 0 Å². The predicted octanol–water partition coefficient (Wildman–Crippen LogP) is 3.38. The lowest BCUT2D eigenvalue weighted by Gasteiger charge is -2.11. The van der Waals surface area contributed by atoms with Crippen LogP contribution in [0.1, 0.15) is 37.7 Å². The van der Waals surface area contributed by atoms with E-state index in [1.807, 2.05) is 10.9 Å². The Kier molecular flexibility index (Phi) is 3.00. The molecule has 4 aromatic rings. The second-order valence-corrected chi connectivity index (χ2v) is 7.28. The average molecular weight is 320 g/mol. The molecular weight excluding hydrogens is 300 g/mol. The van der Waals surface area contributed by atoms with E-state index in [4.69, 9.17) is 4.98 Å². The molecule has 0 aliphatic carbocycles. The first-order valence-electron chi connectivity index (χ1n) is 8.02. The van der Waals surface area contributed by atoms with Crippen LogP contribution in [0.25, 0.3) is 22.4 Å². The van der Waals surface area contributed by atoms with Crippen molar-refractivity contribution in [2.75, 3.05) is 0 Å². The average Bonchev–Trinajstić information content (AvgIpc) is 3.12. The number of fused-ring (bicyclic) bond motifs is 3. The fourth-order valence-electron chi connectivity index (χ4n) is 2.76. The summed E-state index contributed by atoms with van der Waals surface area (Å²) in [5.74, 6) is 0.802. The summed E-state index contributed by atoms with van der Waals surface area (Å²) in [5.41, 5.74) is 4.87. The van der Waals surface area contributed by atoms with Gasteiger partial charge in [0, 0.05) is 5.41 Å². The minimum Gasteiger partial charge on any atom is -0.216 e. The van der Waals surface area contributed by atoms with Crippen LogP contribution in [0.2, 0.25) is 0 Å². The fourth-order valence-corrected chi connectivity index (χ4v) is 2.76. The Morgan fingerprint density at radius 3 is 2.58 bits per heavy atom. The van der Waals surface area contributed by atoms with Crippen LogP contribution in [0, 0.1) is 13.8 Å². The highest BCUT2D eigenvalue weighted by Gasteiger charge is 2.21. The highest BCUT2D eigenvalue weighted by Crippen LogP contribution is 2.25. The summed E-state index contributed by atoms with van der Waals surface area (Å²) < 4.78 is 3.61. The summed E-state index contributed by atoms with van der Waals surface area (Å²) in [6.45, 7) is 10.5. The maximum atomic E-state index is 4.72. The van der Waals surface area contributed by atoms with Gasteiger partial charge in [0.15, 0.2) is 17.1 Å². The Morgan fingerprint density at radius 2 is 1.83 bits per heavy atom. The first-order chi connectivity index (χ1) is 11.3. The Labute approximate surface area is 140 Å². The third kappa shape index (κ3) is 2.18. The minimum atomic E-state index is -0.110. The van der Waals surface area contributed by atoms with E-state index in [0.717, 1.165) is 33.8 Å². The van der Waals surface area contributed by atoms with Gasteiger partial charge in [-0.25, -0.2) is 19.2 Å². The maximum Gasteiger partial charge on any atom is 0.170 e. The lowest BCUT2D eigenvalue weighted by molar-refractivity contribution is 0.545. The van der Waals surface area contributed by atoms with E-state index in [9.17, 15) is 0 Å².